The molecule has 0 saturated heterocycles. The smallest absolute Gasteiger partial charge is 0.255 e. The van der Waals surface area contributed by atoms with Gasteiger partial charge in [0, 0.05) is 31.5 Å². The van der Waals surface area contributed by atoms with Gasteiger partial charge in [-0.2, -0.15) is 0 Å². The minimum Gasteiger partial charge on any atom is -0.497 e. The predicted octanol–water partition coefficient (Wildman–Crippen LogP) is 2.26. The summed E-state index contributed by atoms with van der Waals surface area (Å²) >= 11 is 0. The lowest BCUT2D eigenvalue weighted by Crippen LogP contribution is -2.25. The number of nitrogens with one attached hydrogen (secondary N) is 2. The molecule has 0 unspecified atom stereocenters. The van der Waals surface area contributed by atoms with Gasteiger partial charge in [0.1, 0.15) is 5.75 Å². The summed E-state index contributed by atoms with van der Waals surface area (Å²) in [5.41, 5.74) is 0.942. The van der Waals surface area contributed by atoms with Crippen LogP contribution in [0, 0.1) is 0 Å². The number of carbonyl (C=O) groups excluding carboxylic acids is 1. The molecule has 0 aromatic heterocycles. The van der Waals surface area contributed by atoms with Crippen LogP contribution in [-0.2, 0) is 14.8 Å². The number of hydrogen-bond donors (Lipinski definition) is 2. The molecule has 140 valence electrons. The molecule has 2 rings (SSSR count). The summed E-state index contributed by atoms with van der Waals surface area (Å²) in [6.45, 7) is 0.780. The van der Waals surface area contributed by atoms with Gasteiger partial charge in [-0.3, -0.25) is 4.79 Å². The Morgan fingerprint density at radius 2 is 1.81 bits per heavy atom. The van der Waals surface area contributed by atoms with E-state index in [0.717, 1.165) is 0 Å². The Hall–Kier alpha value is -2.42. The molecule has 8 heteroatoms. The van der Waals surface area contributed by atoms with Crippen LogP contribution >= 0.6 is 0 Å². The number of carbonyl (C=O) groups is 1. The van der Waals surface area contributed by atoms with Gasteiger partial charge in [-0.25, -0.2) is 13.1 Å². The topological polar surface area (TPSA) is 93.7 Å². The van der Waals surface area contributed by atoms with Crippen LogP contribution in [0.2, 0.25) is 0 Å². The Labute approximate surface area is 153 Å². The van der Waals surface area contributed by atoms with Crippen LogP contribution < -0.4 is 14.8 Å². The van der Waals surface area contributed by atoms with Crippen molar-refractivity contribution in [2.24, 2.45) is 0 Å². The van der Waals surface area contributed by atoms with Crippen LogP contribution in [0.3, 0.4) is 0 Å². The van der Waals surface area contributed by atoms with Gasteiger partial charge in [-0.1, -0.05) is 6.07 Å². The van der Waals surface area contributed by atoms with Crippen molar-refractivity contribution in [3.8, 4) is 5.75 Å². The standard InChI is InChI=1S/C18H22N2O5S/c1-24-12-4-11-19-26(22,23)17-9-7-15(8-10-17)20-18(21)14-5-3-6-16(13-14)25-2/h3,5-10,13,19H,4,11-12H2,1-2H3,(H,20,21). The third-order valence-corrected chi connectivity index (χ3v) is 5.05. The van der Waals surface area contributed by atoms with E-state index in [1.54, 1.807) is 43.5 Å². The highest BCUT2D eigenvalue weighted by Gasteiger charge is 2.13. The van der Waals surface area contributed by atoms with Gasteiger partial charge in [0.05, 0.1) is 12.0 Å². The van der Waals surface area contributed by atoms with Crippen molar-refractivity contribution in [2.75, 3.05) is 32.7 Å². The second kappa shape index (κ2) is 9.33. The molecule has 0 aliphatic heterocycles. The fourth-order valence-corrected chi connectivity index (χ4v) is 3.27. The maximum Gasteiger partial charge on any atom is 0.255 e. The number of methoxy groups -OCH3 is 2. The number of ether oxygens (including phenoxy) is 2. The highest BCUT2D eigenvalue weighted by atomic mass is 32.2. The molecule has 2 aromatic carbocycles. The van der Waals surface area contributed by atoms with Crippen molar-refractivity contribution >= 4 is 21.6 Å². The van der Waals surface area contributed by atoms with Gasteiger partial charge in [0.25, 0.3) is 5.91 Å². The first-order chi connectivity index (χ1) is 12.5. The SMILES string of the molecule is COCCCNS(=O)(=O)c1ccc(NC(=O)c2cccc(OC)c2)cc1. The first-order valence-corrected chi connectivity index (χ1v) is 9.48. The average molecular weight is 378 g/mol. The monoisotopic (exact) mass is 378 g/mol. The van der Waals surface area contributed by atoms with Crippen LogP contribution in [0.1, 0.15) is 16.8 Å². The molecule has 26 heavy (non-hydrogen) atoms. The molecule has 0 radical (unpaired) electrons. The minimum absolute atomic E-state index is 0.134. The van der Waals surface area contributed by atoms with Crippen LogP contribution in [-0.4, -0.2) is 41.7 Å². The normalized spacial score (nSPS) is 11.2. The van der Waals surface area contributed by atoms with Gasteiger partial charge in [0.2, 0.25) is 10.0 Å². The van der Waals surface area contributed by atoms with Crippen molar-refractivity contribution in [1.82, 2.24) is 4.72 Å². The van der Waals surface area contributed by atoms with E-state index in [-0.39, 0.29) is 10.8 Å². The Balaban J connectivity index is 2.01. The minimum atomic E-state index is -3.58. The van der Waals surface area contributed by atoms with Crippen LogP contribution in [0.25, 0.3) is 0 Å². The van der Waals surface area contributed by atoms with Gasteiger partial charge in [0.15, 0.2) is 0 Å². The summed E-state index contributed by atoms with van der Waals surface area (Å²) < 4.78 is 36.8. The van der Waals surface area contributed by atoms with Gasteiger partial charge in [-0.15, -0.1) is 0 Å². The first-order valence-electron chi connectivity index (χ1n) is 8.00. The number of anilines is 1. The van der Waals surface area contributed by atoms with E-state index in [9.17, 15) is 13.2 Å². The summed E-state index contributed by atoms with van der Waals surface area (Å²) in [4.78, 5) is 12.4. The number of rotatable bonds is 9. The molecule has 0 fully saturated rings. The zero-order valence-electron chi connectivity index (χ0n) is 14.7. The average Bonchev–Trinajstić information content (AvgIpc) is 2.65. The fraction of sp³-hybridized carbons (Fsp3) is 0.278. The summed E-state index contributed by atoms with van der Waals surface area (Å²) in [6.07, 6.45) is 0.588. The Morgan fingerprint density at radius 1 is 1.08 bits per heavy atom. The second-order valence-corrected chi connectivity index (χ2v) is 7.22. The van der Waals surface area contributed by atoms with Gasteiger partial charge >= 0.3 is 0 Å². The summed E-state index contributed by atoms with van der Waals surface area (Å²) in [7, 11) is -0.492. The first kappa shape index (κ1) is 19.9. The fourth-order valence-electron chi connectivity index (χ4n) is 2.19. The van der Waals surface area contributed by atoms with E-state index >= 15 is 0 Å². The van der Waals surface area contributed by atoms with E-state index in [4.69, 9.17) is 9.47 Å². The molecule has 2 N–H and O–H groups in total. The quantitative estimate of drug-likeness (QED) is 0.653. The predicted molar refractivity (Wildman–Crippen MR) is 99.1 cm³/mol. The molecular formula is C18H22N2O5S. The van der Waals surface area contributed by atoms with Crippen molar-refractivity contribution in [3.63, 3.8) is 0 Å². The van der Waals surface area contributed by atoms with Crippen molar-refractivity contribution < 1.29 is 22.7 Å². The van der Waals surface area contributed by atoms with E-state index in [1.807, 2.05) is 0 Å². The molecule has 0 spiro atoms. The molecule has 1 amide bonds. The summed E-state index contributed by atoms with van der Waals surface area (Å²) in [5, 5.41) is 2.72. The number of benzene rings is 2. The highest BCUT2D eigenvalue weighted by Crippen LogP contribution is 2.17. The molecule has 0 atom stereocenters. The van der Waals surface area contributed by atoms with Crippen LogP contribution in [0.5, 0.6) is 5.75 Å². The summed E-state index contributed by atoms with van der Waals surface area (Å²) in [6, 6.07) is 12.7. The number of hydrogen-bond acceptors (Lipinski definition) is 5. The zero-order valence-corrected chi connectivity index (χ0v) is 15.5. The lowest BCUT2D eigenvalue weighted by molar-refractivity contribution is 0.102. The maximum atomic E-state index is 12.3. The second-order valence-electron chi connectivity index (χ2n) is 5.45. The molecule has 0 aliphatic carbocycles. The van der Waals surface area contributed by atoms with E-state index in [2.05, 4.69) is 10.0 Å². The lowest BCUT2D eigenvalue weighted by atomic mass is 10.2. The Kier molecular flexibility index (Phi) is 7.14. The Morgan fingerprint density at radius 3 is 2.46 bits per heavy atom. The number of sulfonamides is 1. The molecule has 2 aromatic rings. The van der Waals surface area contributed by atoms with E-state index in [0.29, 0.717) is 36.6 Å². The van der Waals surface area contributed by atoms with Gasteiger partial charge in [-0.05, 0) is 48.9 Å². The molecule has 0 heterocycles. The van der Waals surface area contributed by atoms with E-state index in [1.165, 1.54) is 19.2 Å². The van der Waals surface area contributed by atoms with Gasteiger partial charge < -0.3 is 14.8 Å². The van der Waals surface area contributed by atoms with Crippen molar-refractivity contribution in [3.05, 3.63) is 54.1 Å². The highest BCUT2D eigenvalue weighted by molar-refractivity contribution is 7.89. The van der Waals surface area contributed by atoms with Crippen LogP contribution in [0.4, 0.5) is 5.69 Å². The largest absolute Gasteiger partial charge is 0.497 e. The lowest BCUT2D eigenvalue weighted by Gasteiger charge is -2.09. The van der Waals surface area contributed by atoms with Crippen LogP contribution in [0.15, 0.2) is 53.4 Å². The summed E-state index contributed by atoms with van der Waals surface area (Å²) in [5.74, 6) is 0.274. The number of amides is 1. The molecule has 7 nitrogen and oxygen atoms in total. The Bertz CT molecular complexity index is 835. The molecule has 0 bridgehead atoms. The van der Waals surface area contributed by atoms with Crippen molar-refractivity contribution in [2.45, 2.75) is 11.3 Å². The zero-order chi connectivity index (χ0) is 19.0. The molecule has 0 saturated carbocycles. The molecular weight excluding hydrogens is 356 g/mol. The maximum absolute atomic E-state index is 12.3. The van der Waals surface area contributed by atoms with E-state index < -0.39 is 10.0 Å². The third kappa shape index (κ3) is 5.55. The third-order valence-electron chi connectivity index (χ3n) is 3.57. The van der Waals surface area contributed by atoms with Crippen molar-refractivity contribution in [1.29, 1.82) is 0 Å². The molecule has 0 aliphatic rings.